The maximum Gasteiger partial charge on any atom is 0.138 e. The van der Waals surface area contributed by atoms with E-state index in [1.165, 1.54) is 23.3 Å². The summed E-state index contributed by atoms with van der Waals surface area (Å²) in [5.74, 6) is -0.913. The normalized spacial score (nSPS) is 14.0. The molecule has 4 nitrogen and oxygen atoms in total. The summed E-state index contributed by atoms with van der Waals surface area (Å²) in [5.41, 5.74) is 9.96. The molecule has 4 N–H and O–H groups in total. The highest BCUT2D eigenvalue weighted by Crippen LogP contribution is 2.28. The lowest BCUT2D eigenvalue weighted by Gasteiger charge is -2.15. The summed E-state index contributed by atoms with van der Waals surface area (Å²) in [7, 11) is 0. The summed E-state index contributed by atoms with van der Waals surface area (Å²) < 4.78 is 29.6. The third kappa shape index (κ3) is 4.00. The van der Waals surface area contributed by atoms with Gasteiger partial charge in [-0.1, -0.05) is 48.5 Å². The Morgan fingerprint density at radius 2 is 1.70 bits per heavy atom. The van der Waals surface area contributed by atoms with Crippen molar-refractivity contribution in [2.24, 2.45) is 10.7 Å². The minimum atomic E-state index is -0.563. The summed E-state index contributed by atoms with van der Waals surface area (Å²) in [6.07, 6.45) is 2.59. The fourth-order valence-corrected chi connectivity index (χ4v) is 3.90. The number of rotatable bonds is 6. The van der Waals surface area contributed by atoms with Gasteiger partial charge >= 0.3 is 0 Å². The number of aliphatic imine (C=N–C) groups is 1. The first-order valence-corrected chi connectivity index (χ1v) is 9.77. The van der Waals surface area contributed by atoms with Gasteiger partial charge in [-0.15, -0.1) is 0 Å². The van der Waals surface area contributed by atoms with Crippen LogP contribution in [0.25, 0.3) is 11.1 Å². The molecule has 1 aliphatic carbocycles. The number of hydrogen-bond acceptors (Lipinski definition) is 2. The Bertz CT molecular complexity index is 1080. The van der Waals surface area contributed by atoms with Crippen molar-refractivity contribution in [3.05, 3.63) is 94.6 Å². The molecule has 4 rings (SSSR count). The van der Waals surface area contributed by atoms with Crippen molar-refractivity contribution >= 4 is 12.2 Å². The molecular weight excluding hydrogens is 382 g/mol. The SMILES string of the molecule is N=CN=C(N)c1ccc(-c2ccc(F)c(CNC3Cc4ccccc4C3)c2F)cc1. The number of benzene rings is 3. The van der Waals surface area contributed by atoms with Gasteiger partial charge in [-0.05, 0) is 41.7 Å². The van der Waals surface area contributed by atoms with Crippen molar-refractivity contribution in [2.75, 3.05) is 0 Å². The van der Waals surface area contributed by atoms with Crippen LogP contribution in [0.1, 0.15) is 22.3 Å². The molecule has 0 fully saturated rings. The summed E-state index contributed by atoms with van der Waals surface area (Å²) in [4.78, 5) is 3.72. The van der Waals surface area contributed by atoms with Crippen molar-refractivity contribution in [3.8, 4) is 11.1 Å². The summed E-state index contributed by atoms with van der Waals surface area (Å²) >= 11 is 0. The molecule has 0 saturated carbocycles. The average Bonchev–Trinajstić information content (AvgIpc) is 3.17. The zero-order valence-electron chi connectivity index (χ0n) is 16.3. The van der Waals surface area contributed by atoms with Crippen LogP contribution in [0.3, 0.4) is 0 Å². The van der Waals surface area contributed by atoms with Crippen molar-refractivity contribution in [2.45, 2.75) is 25.4 Å². The van der Waals surface area contributed by atoms with Crippen LogP contribution in [0.4, 0.5) is 8.78 Å². The van der Waals surface area contributed by atoms with Gasteiger partial charge in [0.25, 0.3) is 0 Å². The van der Waals surface area contributed by atoms with Gasteiger partial charge in [0.1, 0.15) is 23.8 Å². The molecule has 152 valence electrons. The van der Waals surface area contributed by atoms with Crippen LogP contribution in [0.15, 0.2) is 65.7 Å². The fourth-order valence-electron chi connectivity index (χ4n) is 3.90. The first-order chi connectivity index (χ1) is 14.6. The first kappa shape index (κ1) is 19.9. The summed E-state index contributed by atoms with van der Waals surface area (Å²) in [6, 6.07) is 18.0. The van der Waals surface area contributed by atoms with Crippen LogP contribution in [0, 0.1) is 17.0 Å². The van der Waals surface area contributed by atoms with E-state index in [1.807, 2.05) is 12.1 Å². The maximum atomic E-state index is 15.2. The lowest BCUT2D eigenvalue weighted by Crippen LogP contribution is -2.29. The van der Waals surface area contributed by atoms with E-state index in [4.69, 9.17) is 11.1 Å². The van der Waals surface area contributed by atoms with E-state index in [0.29, 0.717) is 16.7 Å². The molecule has 0 atom stereocenters. The molecule has 0 unspecified atom stereocenters. The molecule has 3 aromatic carbocycles. The first-order valence-electron chi connectivity index (χ1n) is 9.77. The fraction of sp³-hybridized carbons (Fsp3) is 0.167. The minimum Gasteiger partial charge on any atom is -0.383 e. The second kappa shape index (κ2) is 8.55. The Hall–Kier alpha value is -3.38. The maximum absolute atomic E-state index is 15.2. The smallest absolute Gasteiger partial charge is 0.138 e. The molecule has 30 heavy (non-hydrogen) atoms. The number of amidine groups is 1. The van der Waals surface area contributed by atoms with Gasteiger partial charge in [-0.2, -0.15) is 0 Å². The second-order valence-electron chi connectivity index (χ2n) is 7.36. The van der Waals surface area contributed by atoms with Gasteiger partial charge in [-0.25, -0.2) is 13.8 Å². The van der Waals surface area contributed by atoms with Crippen molar-refractivity contribution in [1.29, 1.82) is 5.41 Å². The predicted octanol–water partition coefficient (Wildman–Crippen LogP) is 4.20. The zero-order valence-corrected chi connectivity index (χ0v) is 16.3. The highest BCUT2D eigenvalue weighted by Gasteiger charge is 2.22. The lowest BCUT2D eigenvalue weighted by atomic mass is 10.00. The lowest BCUT2D eigenvalue weighted by molar-refractivity contribution is 0.492. The third-order valence-electron chi connectivity index (χ3n) is 5.50. The number of nitrogens with one attached hydrogen (secondary N) is 2. The standard InChI is InChI=1S/C24H22F2N4/c25-22-10-9-20(15-5-7-16(8-6-15)24(28)30-14-27)23(26)21(22)13-29-19-11-17-3-1-2-4-18(17)12-19/h1-10,14,19,29H,11-13H2,(H3,27,28,30). The Morgan fingerprint density at radius 1 is 1.03 bits per heavy atom. The van der Waals surface area contributed by atoms with Gasteiger partial charge in [0.2, 0.25) is 0 Å². The van der Waals surface area contributed by atoms with E-state index in [1.54, 1.807) is 24.3 Å². The molecule has 0 aromatic heterocycles. The van der Waals surface area contributed by atoms with Crippen LogP contribution >= 0.6 is 0 Å². The van der Waals surface area contributed by atoms with E-state index < -0.39 is 11.6 Å². The van der Waals surface area contributed by atoms with E-state index in [0.717, 1.165) is 19.2 Å². The minimum absolute atomic E-state index is 0.0393. The Balaban J connectivity index is 1.52. The van der Waals surface area contributed by atoms with Crippen molar-refractivity contribution in [1.82, 2.24) is 5.32 Å². The number of hydrogen-bond donors (Lipinski definition) is 3. The van der Waals surface area contributed by atoms with Gasteiger partial charge in [0.15, 0.2) is 0 Å². The number of nitrogens with zero attached hydrogens (tertiary/aromatic N) is 1. The number of halogens is 2. The van der Waals surface area contributed by atoms with E-state index >= 15 is 4.39 Å². The number of nitrogens with two attached hydrogens (primary N) is 1. The highest BCUT2D eigenvalue weighted by molar-refractivity contribution is 6.01. The Labute approximate surface area is 174 Å². The molecule has 1 aliphatic rings. The molecule has 0 aliphatic heterocycles. The van der Waals surface area contributed by atoms with E-state index in [-0.39, 0.29) is 24.0 Å². The Kier molecular flexibility index (Phi) is 5.68. The van der Waals surface area contributed by atoms with Crippen LogP contribution in [-0.2, 0) is 19.4 Å². The van der Waals surface area contributed by atoms with Gasteiger partial charge < -0.3 is 11.1 Å². The molecular formula is C24H22F2N4. The topological polar surface area (TPSA) is 74.3 Å². The van der Waals surface area contributed by atoms with Gasteiger partial charge in [0, 0.05) is 29.3 Å². The highest BCUT2D eigenvalue weighted by atomic mass is 19.1. The summed E-state index contributed by atoms with van der Waals surface area (Å²) in [5, 5.41) is 10.3. The molecule has 3 aromatic rings. The molecule has 0 heterocycles. The monoisotopic (exact) mass is 404 g/mol. The van der Waals surface area contributed by atoms with Crippen LogP contribution in [0.2, 0.25) is 0 Å². The largest absolute Gasteiger partial charge is 0.383 e. The van der Waals surface area contributed by atoms with Crippen molar-refractivity contribution < 1.29 is 8.78 Å². The predicted molar refractivity (Wildman–Crippen MR) is 116 cm³/mol. The summed E-state index contributed by atoms with van der Waals surface area (Å²) in [6.45, 7) is 0.126. The molecule has 0 saturated heterocycles. The molecule has 0 bridgehead atoms. The van der Waals surface area contributed by atoms with Crippen molar-refractivity contribution in [3.63, 3.8) is 0 Å². The van der Waals surface area contributed by atoms with E-state index in [9.17, 15) is 4.39 Å². The molecule has 6 heteroatoms. The van der Waals surface area contributed by atoms with Crippen LogP contribution in [0.5, 0.6) is 0 Å². The Morgan fingerprint density at radius 3 is 2.33 bits per heavy atom. The molecule has 0 amide bonds. The number of fused-ring (bicyclic) bond motifs is 1. The second-order valence-corrected chi connectivity index (χ2v) is 7.36. The molecule has 0 spiro atoms. The molecule has 0 radical (unpaired) electrons. The average molecular weight is 404 g/mol. The zero-order chi connectivity index (χ0) is 21.1. The third-order valence-corrected chi connectivity index (χ3v) is 5.50. The van der Waals surface area contributed by atoms with Crippen LogP contribution in [-0.4, -0.2) is 18.2 Å². The van der Waals surface area contributed by atoms with Crippen LogP contribution < -0.4 is 11.1 Å². The quantitative estimate of drug-likeness (QED) is 0.425. The van der Waals surface area contributed by atoms with Gasteiger partial charge in [0.05, 0.1) is 0 Å². The van der Waals surface area contributed by atoms with Gasteiger partial charge in [-0.3, -0.25) is 5.41 Å². The van der Waals surface area contributed by atoms with E-state index in [2.05, 4.69) is 22.4 Å².